The molecule has 0 aliphatic carbocycles. The summed E-state index contributed by atoms with van der Waals surface area (Å²) in [7, 11) is 0. The van der Waals surface area contributed by atoms with E-state index in [1.54, 1.807) is 0 Å². The van der Waals surface area contributed by atoms with Crippen molar-refractivity contribution in [2.75, 3.05) is 5.88 Å². The topological polar surface area (TPSA) is 23.5 Å². The van der Waals surface area contributed by atoms with Crippen molar-refractivity contribution in [3.63, 3.8) is 0 Å². The first-order valence-corrected chi connectivity index (χ1v) is 3.11. The van der Waals surface area contributed by atoms with E-state index in [9.17, 15) is 0 Å². The van der Waals surface area contributed by atoms with E-state index in [-0.39, 0.29) is 0 Å². The van der Waals surface area contributed by atoms with Crippen molar-refractivity contribution in [3.8, 4) is 0 Å². The number of rotatable bonds is 0. The Kier molecular flexibility index (Phi) is 1.46. The van der Waals surface area contributed by atoms with Gasteiger partial charge in [-0.15, -0.1) is 0 Å². The van der Waals surface area contributed by atoms with Crippen LogP contribution in [0, 0.1) is 0 Å². The van der Waals surface area contributed by atoms with Gasteiger partial charge in [-0.3, -0.25) is 10.3 Å². The van der Waals surface area contributed by atoms with Gasteiger partial charge in [-0.1, -0.05) is 23.4 Å². The van der Waals surface area contributed by atoms with Crippen LogP contribution in [0.2, 0.25) is 0 Å². The molecule has 0 bridgehead atoms. The van der Waals surface area contributed by atoms with Crippen molar-refractivity contribution in [1.82, 2.24) is 5.06 Å². The van der Waals surface area contributed by atoms with Crippen LogP contribution in [0.3, 0.4) is 0 Å². The molecule has 4 heteroatoms. The maximum absolute atomic E-state index is 8.55. The van der Waals surface area contributed by atoms with E-state index in [4.69, 9.17) is 16.8 Å². The molecule has 0 saturated carbocycles. The highest BCUT2D eigenvalue weighted by Crippen LogP contribution is 2.26. The van der Waals surface area contributed by atoms with Gasteiger partial charge < -0.3 is 0 Å². The number of hydroxylamine groups is 2. The van der Waals surface area contributed by atoms with Crippen LogP contribution in [-0.2, 0) is 0 Å². The van der Waals surface area contributed by atoms with E-state index in [0.717, 1.165) is 5.06 Å². The van der Waals surface area contributed by atoms with Crippen LogP contribution in [0.4, 0.5) is 0 Å². The van der Waals surface area contributed by atoms with Crippen molar-refractivity contribution >= 4 is 23.4 Å². The molecule has 0 atom stereocenters. The molecule has 1 rings (SSSR count). The van der Waals surface area contributed by atoms with Crippen LogP contribution < -0.4 is 0 Å². The van der Waals surface area contributed by atoms with E-state index in [2.05, 4.69) is 0 Å². The molecule has 0 saturated heterocycles. The summed E-state index contributed by atoms with van der Waals surface area (Å²) in [4.78, 5) is 0. The smallest absolute Gasteiger partial charge is 0.0956 e. The third-order valence-electron chi connectivity index (χ3n) is 0.585. The Hall–Kier alpha value is 0.140. The van der Waals surface area contributed by atoms with Crippen molar-refractivity contribution in [1.29, 1.82) is 0 Å². The first-order valence-electron chi connectivity index (χ1n) is 1.74. The lowest BCUT2D eigenvalue weighted by Gasteiger charge is -1.98. The first kappa shape index (κ1) is 5.28. The van der Waals surface area contributed by atoms with Gasteiger partial charge >= 0.3 is 0 Å². The first-order chi connectivity index (χ1) is 3.29. The summed E-state index contributed by atoms with van der Waals surface area (Å²) in [5.41, 5.74) is 0. The Morgan fingerprint density at radius 2 is 2.71 bits per heavy atom. The maximum atomic E-state index is 8.55. The second-order valence-corrected chi connectivity index (χ2v) is 2.76. The molecule has 2 nitrogen and oxygen atoms in total. The third kappa shape index (κ3) is 1.26. The van der Waals surface area contributed by atoms with Crippen LogP contribution in [0.5, 0.6) is 0 Å². The molecule has 7 heavy (non-hydrogen) atoms. The molecule has 1 aliphatic rings. The molecule has 0 aromatic rings. The molecule has 0 amide bonds. The van der Waals surface area contributed by atoms with E-state index >= 15 is 0 Å². The van der Waals surface area contributed by atoms with Crippen molar-refractivity contribution in [2.45, 2.75) is 0 Å². The highest BCUT2D eigenvalue weighted by atomic mass is 35.5. The number of hydrogen-bond donors (Lipinski definition) is 1. The van der Waals surface area contributed by atoms with Crippen LogP contribution in [0.25, 0.3) is 0 Å². The van der Waals surface area contributed by atoms with Gasteiger partial charge in [0.25, 0.3) is 0 Å². The summed E-state index contributed by atoms with van der Waals surface area (Å²) >= 11 is 6.84. The number of halogens is 1. The minimum Gasteiger partial charge on any atom is -0.288 e. The fraction of sp³-hybridized carbons (Fsp3) is 0.333. The highest BCUT2D eigenvalue weighted by Gasteiger charge is 2.06. The Balaban J connectivity index is 2.50. The monoisotopic (exact) mass is 137 g/mol. The van der Waals surface area contributed by atoms with Gasteiger partial charge in [-0.25, -0.2) is 0 Å². The summed E-state index contributed by atoms with van der Waals surface area (Å²) in [5.74, 6) is 0.554. The lowest BCUT2D eigenvalue weighted by Crippen LogP contribution is -2.04. The fourth-order valence-electron chi connectivity index (χ4n) is 0.319. The minimum atomic E-state index is 0.554. The van der Waals surface area contributed by atoms with Gasteiger partial charge in [0.1, 0.15) is 0 Å². The molecule has 1 aliphatic heterocycles. The van der Waals surface area contributed by atoms with Gasteiger partial charge in [0.15, 0.2) is 0 Å². The van der Waals surface area contributed by atoms with Crippen LogP contribution >= 0.6 is 23.4 Å². The lowest BCUT2D eigenvalue weighted by molar-refractivity contribution is -0.0175. The predicted molar refractivity (Wildman–Crippen MR) is 30.0 cm³/mol. The number of hydrogen-bond acceptors (Lipinski definition) is 3. The van der Waals surface area contributed by atoms with Crippen LogP contribution in [0.15, 0.2) is 10.6 Å². The quantitative estimate of drug-likeness (QED) is 0.546. The molecule has 0 radical (unpaired) electrons. The average molecular weight is 138 g/mol. The van der Waals surface area contributed by atoms with Gasteiger partial charge in [0.2, 0.25) is 0 Å². The maximum Gasteiger partial charge on any atom is 0.0956 e. The molecule has 0 spiro atoms. The Bertz CT molecular complexity index is 105. The molecule has 40 valence electrons. The summed E-state index contributed by atoms with van der Waals surface area (Å²) in [6.07, 6.45) is 1.48. The molecular weight excluding hydrogens is 134 g/mol. The van der Waals surface area contributed by atoms with Gasteiger partial charge in [0, 0.05) is 0 Å². The zero-order valence-electron chi connectivity index (χ0n) is 3.47. The molecule has 1 N–H and O–H groups in total. The normalized spacial score (nSPS) is 20.3. The predicted octanol–water partition coefficient (Wildman–Crippen LogP) is 1.42. The van der Waals surface area contributed by atoms with Gasteiger partial charge in [-0.2, -0.15) is 0 Å². The molecule has 0 fully saturated rings. The molecular formula is C3H4ClNOS. The molecule has 0 aromatic carbocycles. The van der Waals surface area contributed by atoms with E-state index in [0.29, 0.717) is 10.2 Å². The SMILES string of the molecule is ON1C=C(Cl)SC1. The minimum absolute atomic E-state index is 0.554. The highest BCUT2D eigenvalue weighted by molar-refractivity contribution is 8.04. The van der Waals surface area contributed by atoms with E-state index in [1.165, 1.54) is 18.0 Å². The molecule has 1 heterocycles. The Morgan fingerprint density at radius 1 is 2.00 bits per heavy atom. The second-order valence-electron chi connectivity index (χ2n) is 1.15. The van der Waals surface area contributed by atoms with Gasteiger partial charge in [0.05, 0.1) is 16.4 Å². The zero-order chi connectivity index (χ0) is 5.28. The Morgan fingerprint density at radius 3 is 2.86 bits per heavy atom. The van der Waals surface area contributed by atoms with E-state index in [1.807, 2.05) is 0 Å². The summed E-state index contributed by atoms with van der Waals surface area (Å²) < 4.78 is 0.641. The van der Waals surface area contributed by atoms with Crippen LogP contribution in [-0.4, -0.2) is 16.1 Å². The second kappa shape index (κ2) is 1.94. The van der Waals surface area contributed by atoms with Crippen molar-refractivity contribution < 1.29 is 5.21 Å². The largest absolute Gasteiger partial charge is 0.288 e. The summed E-state index contributed by atoms with van der Waals surface area (Å²) in [5, 5.41) is 9.60. The number of nitrogens with zero attached hydrogens (tertiary/aromatic N) is 1. The molecule has 0 aromatic heterocycles. The lowest BCUT2D eigenvalue weighted by atomic mass is 11.0. The van der Waals surface area contributed by atoms with Crippen LogP contribution in [0.1, 0.15) is 0 Å². The van der Waals surface area contributed by atoms with E-state index < -0.39 is 0 Å². The zero-order valence-corrected chi connectivity index (χ0v) is 5.04. The summed E-state index contributed by atoms with van der Waals surface area (Å²) in [6, 6.07) is 0. The average Bonchev–Trinajstić information content (AvgIpc) is 1.87. The fourth-order valence-corrected chi connectivity index (χ4v) is 1.10. The summed E-state index contributed by atoms with van der Waals surface area (Å²) in [6.45, 7) is 0. The third-order valence-corrected chi connectivity index (χ3v) is 1.78. The Labute approximate surface area is 50.7 Å². The van der Waals surface area contributed by atoms with Crippen molar-refractivity contribution in [2.24, 2.45) is 0 Å². The van der Waals surface area contributed by atoms with Gasteiger partial charge in [-0.05, 0) is 0 Å². The van der Waals surface area contributed by atoms with Crippen molar-refractivity contribution in [3.05, 3.63) is 10.6 Å². The molecule has 0 unspecified atom stereocenters. The number of thioether (sulfide) groups is 1. The standard InChI is InChI=1S/C3H4ClNOS/c4-3-1-5(6)2-7-3/h1,6H,2H2.